The number of hydrogen-bond acceptors (Lipinski definition) is 2. The first kappa shape index (κ1) is 10.3. The Morgan fingerprint density at radius 1 is 1.38 bits per heavy atom. The largest absolute Gasteiger partial charge is 0.481 e. The molecular weight excluding hydrogens is 204 g/mol. The number of aliphatic carboxylic acids is 1. The highest BCUT2D eigenvalue weighted by molar-refractivity contribution is 5.77. The van der Waals surface area contributed by atoms with Gasteiger partial charge in [0, 0.05) is 6.61 Å². The molecule has 0 unspecified atom stereocenters. The van der Waals surface area contributed by atoms with Crippen LogP contribution in [0.5, 0.6) is 0 Å². The quantitative estimate of drug-likeness (QED) is 0.729. The van der Waals surface area contributed by atoms with Gasteiger partial charge in [-0.15, -0.1) is 0 Å². The summed E-state index contributed by atoms with van der Waals surface area (Å²) in [5.41, 5.74) is -0.611. The maximum atomic E-state index is 11.7. The van der Waals surface area contributed by atoms with Gasteiger partial charge in [-0.3, -0.25) is 4.79 Å². The maximum Gasteiger partial charge on any atom is 0.312 e. The second kappa shape index (κ2) is 3.59. The second-order valence-corrected chi connectivity index (χ2v) is 5.39. The molecule has 3 nitrogen and oxygen atoms in total. The molecule has 3 aliphatic rings. The minimum Gasteiger partial charge on any atom is -0.481 e. The van der Waals surface area contributed by atoms with Gasteiger partial charge in [0.2, 0.25) is 0 Å². The molecule has 4 atom stereocenters. The molecule has 1 N–H and O–H groups in total. The van der Waals surface area contributed by atoms with E-state index in [9.17, 15) is 9.90 Å². The summed E-state index contributed by atoms with van der Waals surface area (Å²) in [5.74, 6) is 0.0426. The molecule has 0 aromatic carbocycles. The van der Waals surface area contributed by atoms with Crippen LogP contribution in [0.2, 0.25) is 0 Å². The van der Waals surface area contributed by atoms with Crippen LogP contribution in [0, 0.1) is 17.3 Å². The lowest BCUT2D eigenvalue weighted by atomic mass is 9.69. The highest BCUT2D eigenvalue weighted by Crippen LogP contribution is 2.56. The predicted molar refractivity (Wildman–Crippen MR) is 59.0 cm³/mol. The molecule has 2 aliphatic carbocycles. The van der Waals surface area contributed by atoms with E-state index in [1.807, 2.05) is 0 Å². The van der Waals surface area contributed by atoms with Crippen molar-refractivity contribution in [3.8, 4) is 0 Å². The fourth-order valence-corrected chi connectivity index (χ4v) is 3.79. The monoisotopic (exact) mass is 222 g/mol. The lowest BCUT2D eigenvalue weighted by Gasteiger charge is -2.40. The molecule has 0 aromatic heterocycles. The SMILES string of the molecule is O=C(O)[C@@]1([C@H]2CCCCO2)C[C@@H]2C=C[C@@H]1C2. The second-order valence-electron chi connectivity index (χ2n) is 5.39. The predicted octanol–water partition coefficient (Wildman–Crippen LogP) is 2.22. The summed E-state index contributed by atoms with van der Waals surface area (Å²) in [6.07, 6.45) is 9.16. The molecule has 3 rings (SSSR count). The van der Waals surface area contributed by atoms with Crippen molar-refractivity contribution in [1.82, 2.24) is 0 Å². The third kappa shape index (κ3) is 1.27. The minimum atomic E-state index is -0.642. The summed E-state index contributed by atoms with van der Waals surface area (Å²) >= 11 is 0. The first-order valence-electron chi connectivity index (χ1n) is 6.27. The minimum absolute atomic E-state index is 0.0568. The highest BCUT2D eigenvalue weighted by atomic mass is 16.5. The molecule has 0 amide bonds. The van der Waals surface area contributed by atoms with Crippen molar-refractivity contribution >= 4 is 5.97 Å². The van der Waals surface area contributed by atoms with Crippen molar-refractivity contribution in [2.75, 3.05) is 6.61 Å². The van der Waals surface area contributed by atoms with Crippen LogP contribution in [0.25, 0.3) is 0 Å². The van der Waals surface area contributed by atoms with Gasteiger partial charge in [0.1, 0.15) is 5.41 Å². The molecule has 0 radical (unpaired) electrons. The lowest BCUT2D eigenvalue weighted by Crippen LogP contribution is -2.48. The number of hydrogen-bond donors (Lipinski definition) is 1. The van der Waals surface area contributed by atoms with Gasteiger partial charge >= 0.3 is 5.97 Å². The first-order chi connectivity index (χ1) is 7.73. The zero-order valence-electron chi connectivity index (χ0n) is 9.39. The standard InChI is InChI=1S/C13H18O3/c14-12(15)13(11-3-1-2-6-16-11)8-9-4-5-10(13)7-9/h4-5,9-11H,1-3,6-8H2,(H,14,15)/t9-,10-,11-,13+/m1/s1. The molecule has 1 saturated carbocycles. The van der Waals surface area contributed by atoms with E-state index in [-0.39, 0.29) is 12.0 Å². The number of allylic oxidation sites excluding steroid dienone is 2. The van der Waals surface area contributed by atoms with Crippen LogP contribution < -0.4 is 0 Å². The third-order valence-electron chi connectivity index (χ3n) is 4.59. The summed E-state index contributed by atoms with van der Waals surface area (Å²) in [5, 5.41) is 9.62. The summed E-state index contributed by atoms with van der Waals surface area (Å²) in [7, 11) is 0. The third-order valence-corrected chi connectivity index (χ3v) is 4.59. The molecule has 3 heteroatoms. The van der Waals surface area contributed by atoms with E-state index in [0.717, 1.165) is 38.7 Å². The number of rotatable bonds is 2. The Kier molecular flexibility index (Phi) is 2.32. The zero-order chi connectivity index (χ0) is 11.2. The van der Waals surface area contributed by atoms with E-state index in [1.54, 1.807) is 0 Å². The van der Waals surface area contributed by atoms with Crippen molar-refractivity contribution in [3.63, 3.8) is 0 Å². The van der Waals surface area contributed by atoms with Gasteiger partial charge in [0.05, 0.1) is 6.10 Å². The van der Waals surface area contributed by atoms with E-state index in [1.165, 1.54) is 0 Å². The number of carboxylic acids is 1. The Balaban J connectivity index is 1.91. The van der Waals surface area contributed by atoms with Crippen LogP contribution in [0.4, 0.5) is 0 Å². The fraction of sp³-hybridized carbons (Fsp3) is 0.769. The van der Waals surface area contributed by atoms with E-state index >= 15 is 0 Å². The van der Waals surface area contributed by atoms with E-state index in [2.05, 4.69) is 12.2 Å². The number of fused-ring (bicyclic) bond motifs is 2. The van der Waals surface area contributed by atoms with Crippen molar-refractivity contribution in [2.45, 2.75) is 38.2 Å². The van der Waals surface area contributed by atoms with Crippen LogP contribution >= 0.6 is 0 Å². The molecule has 2 bridgehead atoms. The van der Waals surface area contributed by atoms with Crippen molar-refractivity contribution in [2.24, 2.45) is 17.3 Å². The molecule has 0 aromatic rings. The smallest absolute Gasteiger partial charge is 0.312 e. The van der Waals surface area contributed by atoms with E-state index < -0.39 is 11.4 Å². The molecule has 1 heterocycles. The van der Waals surface area contributed by atoms with Gasteiger partial charge in [-0.25, -0.2) is 0 Å². The molecular formula is C13H18O3. The number of carbonyl (C=O) groups is 1. The summed E-state index contributed by atoms with van der Waals surface area (Å²) in [6.45, 7) is 0.737. The van der Waals surface area contributed by atoms with Crippen LogP contribution in [-0.4, -0.2) is 23.8 Å². The van der Waals surface area contributed by atoms with E-state index in [0.29, 0.717) is 5.92 Å². The Bertz CT molecular complexity index is 330. The molecule has 88 valence electrons. The molecule has 1 aliphatic heterocycles. The van der Waals surface area contributed by atoms with Crippen LogP contribution in [-0.2, 0) is 9.53 Å². The molecule has 0 spiro atoms. The number of carboxylic acid groups (broad SMARTS) is 1. The zero-order valence-corrected chi connectivity index (χ0v) is 9.39. The topological polar surface area (TPSA) is 46.5 Å². The highest BCUT2D eigenvalue weighted by Gasteiger charge is 2.58. The fourth-order valence-electron chi connectivity index (χ4n) is 3.79. The first-order valence-corrected chi connectivity index (χ1v) is 6.27. The Morgan fingerprint density at radius 2 is 2.25 bits per heavy atom. The van der Waals surface area contributed by atoms with Crippen molar-refractivity contribution in [3.05, 3.63) is 12.2 Å². The van der Waals surface area contributed by atoms with E-state index in [4.69, 9.17) is 4.74 Å². The number of ether oxygens (including phenoxy) is 1. The van der Waals surface area contributed by atoms with Gasteiger partial charge in [0.15, 0.2) is 0 Å². The summed E-state index contributed by atoms with van der Waals surface area (Å²) in [6, 6.07) is 0. The van der Waals surface area contributed by atoms with Gasteiger partial charge in [-0.1, -0.05) is 12.2 Å². The van der Waals surface area contributed by atoms with Crippen molar-refractivity contribution in [1.29, 1.82) is 0 Å². The van der Waals surface area contributed by atoms with Crippen molar-refractivity contribution < 1.29 is 14.6 Å². The van der Waals surface area contributed by atoms with Gasteiger partial charge in [0.25, 0.3) is 0 Å². The van der Waals surface area contributed by atoms with Crippen LogP contribution in [0.3, 0.4) is 0 Å². The molecule has 1 saturated heterocycles. The Hall–Kier alpha value is -0.830. The lowest BCUT2D eigenvalue weighted by molar-refractivity contribution is -0.166. The Labute approximate surface area is 95.5 Å². The summed E-state index contributed by atoms with van der Waals surface area (Å²) in [4.78, 5) is 11.7. The molecule has 16 heavy (non-hydrogen) atoms. The van der Waals surface area contributed by atoms with Gasteiger partial charge < -0.3 is 9.84 Å². The summed E-state index contributed by atoms with van der Waals surface area (Å²) < 4.78 is 5.76. The maximum absolute atomic E-state index is 11.7. The van der Waals surface area contributed by atoms with Gasteiger partial charge in [-0.2, -0.15) is 0 Å². The Morgan fingerprint density at radius 3 is 2.75 bits per heavy atom. The van der Waals surface area contributed by atoms with Crippen LogP contribution in [0.15, 0.2) is 12.2 Å². The normalized spacial score (nSPS) is 46.1. The van der Waals surface area contributed by atoms with Crippen LogP contribution in [0.1, 0.15) is 32.1 Å². The molecule has 2 fully saturated rings. The van der Waals surface area contributed by atoms with Gasteiger partial charge in [-0.05, 0) is 43.9 Å². The average Bonchev–Trinajstić information content (AvgIpc) is 2.90. The average molecular weight is 222 g/mol.